The van der Waals surface area contributed by atoms with Crippen LogP contribution in [0, 0.1) is 5.82 Å². The number of halogens is 1. The number of rotatable bonds is 0. The molecule has 0 aromatic heterocycles. The molecule has 4 heteroatoms. The maximum absolute atomic E-state index is 12.9. The number of para-hydroxylation sites is 1. The average Bonchev–Trinajstić information content (AvgIpc) is 2.06. The van der Waals surface area contributed by atoms with Gasteiger partial charge >= 0.3 is 68.9 Å². The van der Waals surface area contributed by atoms with Crippen LogP contribution in [0.15, 0.2) is 18.2 Å². The molecule has 0 unspecified atom stereocenters. The zero-order valence-electron chi connectivity index (χ0n) is 6.88. The summed E-state index contributed by atoms with van der Waals surface area (Å²) < 4.78 is 18.0. The molecular formula is C8H7CsFNO. The number of benzene rings is 1. The van der Waals surface area contributed by atoms with Crippen LogP contribution in [-0.2, 0) is 0 Å². The Labute approximate surface area is 129 Å². The molecule has 0 fully saturated rings. The maximum Gasteiger partial charge on any atom is 1.00 e. The summed E-state index contributed by atoms with van der Waals surface area (Å²) in [5, 5.41) is 4.09. The first-order chi connectivity index (χ1) is 5.38. The van der Waals surface area contributed by atoms with Crippen LogP contribution < -0.4 is 73.6 Å². The molecule has 2 nitrogen and oxygen atoms in total. The van der Waals surface area contributed by atoms with Crippen molar-refractivity contribution in [3.05, 3.63) is 29.3 Å². The van der Waals surface area contributed by atoms with E-state index in [9.17, 15) is 4.39 Å². The van der Waals surface area contributed by atoms with E-state index in [-0.39, 0.29) is 74.7 Å². The number of hydrogen-bond donors (Lipinski definition) is 0. The van der Waals surface area contributed by atoms with E-state index < -0.39 is 0 Å². The summed E-state index contributed by atoms with van der Waals surface area (Å²) in [5.74, 6) is -0.0373. The minimum Gasteiger partial charge on any atom is -0.679 e. The van der Waals surface area contributed by atoms with Gasteiger partial charge in [-0.2, -0.15) is 0 Å². The summed E-state index contributed by atoms with van der Waals surface area (Å²) in [6, 6.07) is 4.75. The zero-order chi connectivity index (χ0) is 7.68. The molecule has 1 heterocycles. The first-order valence-corrected chi connectivity index (χ1v) is 3.47. The standard InChI is InChI=1S/C8H7FNO.Cs/c9-6-2-1-3-7-8(6)11-5-4-10-7;/h1-3H,4-5H2;/q-1;+1. The van der Waals surface area contributed by atoms with E-state index in [1.54, 1.807) is 12.1 Å². The molecule has 0 atom stereocenters. The Balaban J connectivity index is 0.000000720. The van der Waals surface area contributed by atoms with Crippen molar-refractivity contribution in [2.24, 2.45) is 0 Å². The largest absolute Gasteiger partial charge is 1.00 e. The molecule has 2 rings (SSSR count). The van der Waals surface area contributed by atoms with Crippen molar-refractivity contribution in [1.82, 2.24) is 0 Å². The van der Waals surface area contributed by atoms with E-state index in [1.165, 1.54) is 6.07 Å². The second-order valence-electron chi connectivity index (χ2n) is 2.32. The van der Waals surface area contributed by atoms with Gasteiger partial charge in [0.2, 0.25) is 0 Å². The summed E-state index contributed by atoms with van der Waals surface area (Å²) in [4.78, 5) is 0. The average molecular weight is 285 g/mol. The van der Waals surface area contributed by atoms with Gasteiger partial charge in [-0.15, -0.1) is 0 Å². The molecular weight excluding hydrogens is 278 g/mol. The van der Waals surface area contributed by atoms with Crippen LogP contribution in [0.4, 0.5) is 10.1 Å². The maximum atomic E-state index is 12.9. The van der Waals surface area contributed by atoms with E-state index >= 15 is 0 Å². The third-order valence-corrected chi connectivity index (χ3v) is 1.57. The normalized spacial score (nSPS) is 13.4. The first kappa shape index (κ1) is 10.9. The number of nitrogens with zero attached hydrogens (tertiary/aromatic N) is 1. The van der Waals surface area contributed by atoms with E-state index in [1.807, 2.05) is 0 Å². The van der Waals surface area contributed by atoms with Gasteiger partial charge in [-0.05, 0) is 6.07 Å². The third-order valence-electron chi connectivity index (χ3n) is 1.57. The fourth-order valence-electron chi connectivity index (χ4n) is 1.08. The molecule has 58 valence electrons. The van der Waals surface area contributed by atoms with Crippen molar-refractivity contribution in [3.63, 3.8) is 0 Å². The number of ether oxygens (including phenoxy) is 1. The van der Waals surface area contributed by atoms with Gasteiger partial charge in [0.15, 0.2) is 5.82 Å². The van der Waals surface area contributed by atoms with E-state index in [0.29, 0.717) is 24.6 Å². The van der Waals surface area contributed by atoms with Gasteiger partial charge in [-0.3, -0.25) is 0 Å². The summed E-state index contributed by atoms with van der Waals surface area (Å²) in [7, 11) is 0. The molecule has 0 aliphatic carbocycles. The second kappa shape index (κ2) is 4.88. The van der Waals surface area contributed by atoms with Crippen LogP contribution >= 0.6 is 0 Å². The summed E-state index contributed by atoms with van der Waals surface area (Å²) in [6.45, 7) is 1.10. The smallest absolute Gasteiger partial charge is 0.679 e. The minimum atomic E-state index is -0.328. The molecule has 1 aliphatic rings. The van der Waals surface area contributed by atoms with Gasteiger partial charge in [-0.1, -0.05) is 24.4 Å². The predicted molar refractivity (Wildman–Crippen MR) is 39.8 cm³/mol. The Kier molecular flexibility index (Phi) is 4.42. The van der Waals surface area contributed by atoms with Gasteiger partial charge in [-0.25, -0.2) is 4.39 Å². The van der Waals surface area contributed by atoms with E-state index in [2.05, 4.69) is 5.32 Å². The van der Waals surface area contributed by atoms with Crippen LogP contribution in [0.1, 0.15) is 0 Å². The molecule has 1 aromatic rings. The fraction of sp³-hybridized carbons (Fsp3) is 0.250. The van der Waals surface area contributed by atoms with Gasteiger partial charge in [0, 0.05) is 0 Å². The molecule has 1 aromatic carbocycles. The molecule has 0 spiro atoms. The fourth-order valence-corrected chi connectivity index (χ4v) is 1.08. The Morgan fingerprint density at radius 2 is 2.25 bits per heavy atom. The molecule has 1 aliphatic heterocycles. The summed E-state index contributed by atoms with van der Waals surface area (Å²) in [6.07, 6.45) is 0. The van der Waals surface area contributed by atoms with Crippen molar-refractivity contribution in [2.45, 2.75) is 0 Å². The topological polar surface area (TPSA) is 23.3 Å². The number of fused-ring (bicyclic) bond motifs is 1. The zero-order valence-corrected chi connectivity index (χ0v) is 13.2. The SMILES string of the molecule is Fc1cccc2c1OCC[N-]2.[Cs+]. The molecule has 0 amide bonds. The van der Waals surface area contributed by atoms with Crippen LogP contribution in [-0.4, -0.2) is 13.2 Å². The Hall–Kier alpha value is 0.802. The van der Waals surface area contributed by atoms with Crippen molar-refractivity contribution in [2.75, 3.05) is 13.2 Å². The Bertz CT molecular complexity index is 280. The first-order valence-electron chi connectivity index (χ1n) is 3.47. The monoisotopic (exact) mass is 285 g/mol. The molecule has 0 bridgehead atoms. The van der Waals surface area contributed by atoms with Gasteiger partial charge < -0.3 is 10.1 Å². The summed E-state index contributed by atoms with van der Waals surface area (Å²) in [5.41, 5.74) is 0.622. The van der Waals surface area contributed by atoms with Crippen molar-refractivity contribution in [1.29, 1.82) is 0 Å². The van der Waals surface area contributed by atoms with Crippen LogP contribution in [0.5, 0.6) is 5.75 Å². The molecule has 0 N–H and O–H groups in total. The molecule has 0 saturated carbocycles. The van der Waals surface area contributed by atoms with Crippen LogP contribution in [0.2, 0.25) is 0 Å². The van der Waals surface area contributed by atoms with Crippen molar-refractivity contribution >= 4 is 5.69 Å². The molecule has 0 radical (unpaired) electrons. The Morgan fingerprint density at radius 1 is 1.42 bits per heavy atom. The van der Waals surface area contributed by atoms with Crippen LogP contribution in [0.3, 0.4) is 0 Å². The summed E-state index contributed by atoms with van der Waals surface area (Å²) >= 11 is 0. The number of hydrogen-bond acceptors (Lipinski definition) is 1. The van der Waals surface area contributed by atoms with Gasteiger partial charge in [0.25, 0.3) is 0 Å². The Morgan fingerprint density at radius 3 is 3.00 bits per heavy atom. The predicted octanol–water partition coefficient (Wildman–Crippen LogP) is -0.773. The third kappa shape index (κ3) is 2.18. The molecule has 0 saturated heterocycles. The van der Waals surface area contributed by atoms with Gasteiger partial charge in [0.05, 0.1) is 6.61 Å². The second-order valence-corrected chi connectivity index (χ2v) is 2.32. The van der Waals surface area contributed by atoms with Crippen molar-refractivity contribution < 1.29 is 78.0 Å². The van der Waals surface area contributed by atoms with Gasteiger partial charge in [0.1, 0.15) is 5.75 Å². The minimum absolute atomic E-state index is 0. The van der Waals surface area contributed by atoms with Crippen LogP contribution in [0.25, 0.3) is 5.32 Å². The molecule has 12 heavy (non-hydrogen) atoms. The van der Waals surface area contributed by atoms with E-state index in [0.717, 1.165) is 0 Å². The quantitative estimate of drug-likeness (QED) is 0.614. The van der Waals surface area contributed by atoms with Crippen molar-refractivity contribution in [3.8, 4) is 5.75 Å². The van der Waals surface area contributed by atoms with E-state index in [4.69, 9.17) is 4.74 Å².